The average Bonchev–Trinajstić information content (AvgIpc) is 2.83. The van der Waals surface area contributed by atoms with Crippen molar-refractivity contribution >= 4 is 5.69 Å². The SMILES string of the molecule is COc1cc(OC(F)F)cc(-n2cnc(C)c2)c1N=O. The Bertz CT molecular complexity index is 628. The Morgan fingerprint density at radius 1 is 1.40 bits per heavy atom. The molecule has 20 heavy (non-hydrogen) atoms. The molecule has 0 fully saturated rings. The van der Waals surface area contributed by atoms with E-state index < -0.39 is 6.61 Å². The molecule has 0 saturated carbocycles. The maximum atomic E-state index is 12.3. The van der Waals surface area contributed by atoms with Gasteiger partial charge >= 0.3 is 6.61 Å². The number of methoxy groups -OCH3 is 1. The van der Waals surface area contributed by atoms with Crippen molar-refractivity contribution in [3.63, 3.8) is 0 Å². The molecular weight excluding hydrogens is 272 g/mol. The van der Waals surface area contributed by atoms with Gasteiger partial charge in [0, 0.05) is 18.3 Å². The van der Waals surface area contributed by atoms with Crippen LogP contribution in [0.25, 0.3) is 5.69 Å². The van der Waals surface area contributed by atoms with E-state index in [0.717, 1.165) is 0 Å². The highest BCUT2D eigenvalue weighted by Crippen LogP contribution is 2.38. The van der Waals surface area contributed by atoms with E-state index in [1.54, 1.807) is 13.1 Å². The molecule has 0 aliphatic heterocycles. The Morgan fingerprint density at radius 2 is 2.15 bits per heavy atom. The number of hydrogen-bond donors (Lipinski definition) is 0. The van der Waals surface area contributed by atoms with E-state index in [-0.39, 0.29) is 22.9 Å². The molecule has 0 bridgehead atoms. The monoisotopic (exact) mass is 283 g/mol. The number of aryl methyl sites for hydroxylation is 1. The van der Waals surface area contributed by atoms with E-state index in [4.69, 9.17) is 4.74 Å². The van der Waals surface area contributed by atoms with Crippen LogP contribution in [0.2, 0.25) is 0 Å². The van der Waals surface area contributed by atoms with Crippen LogP contribution in [-0.2, 0) is 0 Å². The molecule has 1 aromatic heterocycles. The summed E-state index contributed by atoms with van der Waals surface area (Å²) in [6, 6.07) is 2.45. The van der Waals surface area contributed by atoms with Crippen LogP contribution in [0.3, 0.4) is 0 Å². The van der Waals surface area contributed by atoms with E-state index in [1.165, 1.54) is 30.1 Å². The minimum absolute atomic E-state index is 0.0217. The van der Waals surface area contributed by atoms with Crippen molar-refractivity contribution in [2.45, 2.75) is 13.5 Å². The summed E-state index contributed by atoms with van der Waals surface area (Å²) < 4.78 is 35.4. The van der Waals surface area contributed by atoms with Gasteiger partial charge < -0.3 is 14.0 Å². The Balaban J connectivity index is 2.59. The minimum Gasteiger partial charge on any atom is -0.494 e. The molecule has 0 N–H and O–H groups in total. The Kier molecular flexibility index (Phi) is 3.92. The third-order valence-electron chi connectivity index (χ3n) is 2.55. The number of hydrogen-bond acceptors (Lipinski definition) is 5. The zero-order valence-corrected chi connectivity index (χ0v) is 10.7. The molecule has 0 amide bonds. The fourth-order valence-electron chi connectivity index (χ4n) is 1.74. The van der Waals surface area contributed by atoms with Gasteiger partial charge in [-0.2, -0.15) is 8.78 Å². The van der Waals surface area contributed by atoms with Crippen molar-refractivity contribution in [1.29, 1.82) is 0 Å². The van der Waals surface area contributed by atoms with Crippen molar-refractivity contribution in [3.8, 4) is 17.2 Å². The van der Waals surface area contributed by atoms with E-state index >= 15 is 0 Å². The van der Waals surface area contributed by atoms with Gasteiger partial charge in [-0.15, -0.1) is 4.91 Å². The first-order valence-electron chi connectivity index (χ1n) is 5.56. The van der Waals surface area contributed by atoms with Crippen molar-refractivity contribution in [3.05, 3.63) is 35.3 Å². The largest absolute Gasteiger partial charge is 0.494 e. The molecule has 1 aromatic carbocycles. The second-order valence-corrected chi connectivity index (χ2v) is 3.89. The lowest BCUT2D eigenvalue weighted by Crippen LogP contribution is -2.03. The fourth-order valence-corrected chi connectivity index (χ4v) is 1.74. The summed E-state index contributed by atoms with van der Waals surface area (Å²) >= 11 is 0. The van der Waals surface area contributed by atoms with E-state index in [0.29, 0.717) is 5.69 Å². The van der Waals surface area contributed by atoms with Gasteiger partial charge in [0.1, 0.15) is 5.75 Å². The van der Waals surface area contributed by atoms with E-state index in [1.807, 2.05) is 0 Å². The van der Waals surface area contributed by atoms with Crippen molar-refractivity contribution in [2.75, 3.05) is 7.11 Å². The number of halogens is 2. The van der Waals surface area contributed by atoms with Crippen LogP contribution in [0.4, 0.5) is 14.5 Å². The number of nitrogens with zero attached hydrogens (tertiary/aromatic N) is 3. The van der Waals surface area contributed by atoms with Gasteiger partial charge in [0.05, 0.1) is 24.8 Å². The standard InChI is InChI=1S/C12H11F2N3O3/c1-7-5-17(6-15-7)9-3-8(20-12(13)14)4-10(19-2)11(9)16-18/h3-6,12H,1-2H3. The van der Waals surface area contributed by atoms with Crippen LogP contribution in [0.15, 0.2) is 29.8 Å². The number of rotatable bonds is 5. The number of nitroso groups, excluding NO2 is 1. The summed E-state index contributed by atoms with van der Waals surface area (Å²) in [4.78, 5) is 15.0. The number of benzene rings is 1. The van der Waals surface area contributed by atoms with Crippen molar-refractivity contribution in [2.24, 2.45) is 5.18 Å². The van der Waals surface area contributed by atoms with Gasteiger partial charge in [0.2, 0.25) is 0 Å². The zero-order chi connectivity index (χ0) is 14.7. The molecule has 0 spiro atoms. The van der Waals surface area contributed by atoms with Crippen molar-refractivity contribution in [1.82, 2.24) is 9.55 Å². The van der Waals surface area contributed by atoms with E-state index in [2.05, 4.69) is 14.9 Å². The number of alkyl halides is 2. The third-order valence-corrected chi connectivity index (χ3v) is 2.55. The molecule has 2 aromatic rings. The van der Waals surface area contributed by atoms with Crippen LogP contribution in [0, 0.1) is 11.8 Å². The highest BCUT2D eigenvalue weighted by molar-refractivity contribution is 5.68. The fraction of sp³-hybridized carbons (Fsp3) is 0.250. The highest BCUT2D eigenvalue weighted by Gasteiger charge is 2.17. The number of imidazole rings is 1. The molecular formula is C12H11F2N3O3. The molecule has 0 unspecified atom stereocenters. The van der Waals surface area contributed by atoms with Gasteiger partial charge in [-0.3, -0.25) is 0 Å². The van der Waals surface area contributed by atoms with Crippen LogP contribution in [0.5, 0.6) is 11.5 Å². The summed E-state index contributed by atoms with van der Waals surface area (Å²) in [5.74, 6) is -0.0925. The number of ether oxygens (including phenoxy) is 2. The average molecular weight is 283 g/mol. The topological polar surface area (TPSA) is 65.7 Å². The Labute approximate surface area is 112 Å². The maximum Gasteiger partial charge on any atom is 0.387 e. The Morgan fingerprint density at radius 3 is 2.65 bits per heavy atom. The minimum atomic E-state index is -2.98. The highest BCUT2D eigenvalue weighted by atomic mass is 19.3. The summed E-state index contributed by atoms with van der Waals surface area (Å²) in [5.41, 5.74) is 0.920. The third kappa shape index (κ3) is 2.73. The molecule has 106 valence electrons. The molecule has 0 aliphatic carbocycles. The van der Waals surface area contributed by atoms with Gasteiger partial charge in [-0.05, 0) is 12.1 Å². The molecule has 0 saturated heterocycles. The van der Waals surface area contributed by atoms with Gasteiger partial charge in [0.25, 0.3) is 0 Å². The molecule has 1 heterocycles. The van der Waals surface area contributed by atoms with Crippen LogP contribution in [-0.4, -0.2) is 23.3 Å². The maximum absolute atomic E-state index is 12.3. The van der Waals surface area contributed by atoms with Gasteiger partial charge in [-0.1, -0.05) is 0 Å². The first-order valence-corrected chi connectivity index (χ1v) is 5.56. The van der Waals surface area contributed by atoms with Crippen LogP contribution < -0.4 is 9.47 Å². The summed E-state index contributed by atoms with van der Waals surface area (Å²) in [6.07, 6.45) is 3.06. The first kappa shape index (κ1) is 13.9. The lowest BCUT2D eigenvalue weighted by atomic mass is 10.2. The lowest BCUT2D eigenvalue weighted by molar-refractivity contribution is -0.0499. The predicted molar refractivity (Wildman–Crippen MR) is 66.9 cm³/mol. The van der Waals surface area contributed by atoms with Crippen LogP contribution >= 0.6 is 0 Å². The smallest absolute Gasteiger partial charge is 0.387 e. The summed E-state index contributed by atoms with van der Waals surface area (Å²) in [6.45, 7) is -1.23. The second kappa shape index (κ2) is 5.64. The molecule has 2 rings (SSSR count). The Hall–Kier alpha value is -2.51. The quantitative estimate of drug-likeness (QED) is 0.790. The molecule has 0 atom stereocenters. The van der Waals surface area contributed by atoms with Gasteiger partial charge in [-0.25, -0.2) is 4.98 Å². The molecule has 0 radical (unpaired) electrons. The summed E-state index contributed by atoms with van der Waals surface area (Å²) in [5, 5.41) is 2.88. The summed E-state index contributed by atoms with van der Waals surface area (Å²) in [7, 11) is 1.30. The van der Waals surface area contributed by atoms with Crippen LogP contribution in [0.1, 0.15) is 5.69 Å². The molecule has 0 aliphatic rings. The number of aromatic nitrogens is 2. The lowest BCUT2D eigenvalue weighted by Gasteiger charge is -2.12. The molecule has 8 heteroatoms. The first-order chi connectivity index (χ1) is 9.55. The van der Waals surface area contributed by atoms with E-state index in [9.17, 15) is 13.7 Å². The molecule has 6 nitrogen and oxygen atoms in total. The normalized spacial score (nSPS) is 10.7. The predicted octanol–water partition coefficient (Wildman–Crippen LogP) is 3.19. The van der Waals surface area contributed by atoms with Gasteiger partial charge in [0.15, 0.2) is 11.4 Å². The van der Waals surface area contributed by atoms with Crippen molar-refractivity contribution < 1.29 is 18.3 Å². The zero-order valence-electron chi connectivity index (χ0n) is 10.7. The second-order valence-electron chi connectivity index (χ2n) is 3.89.